The standard InChI is InChI=1S/C30H17NO2S4/c1-12(2)11-31-21-19-17-13-7-3-5-9-15(13)34-25(17)23(32)27(19)36-29(21)30-22(31)20-18-14-8-4-6-10-16(14)35-26(18)24(33)28(20)37-30/h3-10,12H,11H2,1-2H3. The molecule has 0 aliphatic carbocycles. The highest BCUT2D eigenvalue weighted by molar-refractivity contribution is 7.35. The smallest absolute Gasteiger partial charge is 0.214 e. The fourth-order valence-corrected chi connectivity index (χ4v) is 11.3. The molecule has 0 bridgehead atoms. The summed E-state index contributed by atoms with van der Waals surface area (Å²) in [5.41, 5.74) is 2.66. The number of nitrogens with zero attached hydrogens (tertiary/aromatic N) is 1. The van der Waals surface area contributed by atoms with Crippen molar-refractivity contribution in [3.8, 4) is 0 Å². The molecule has 0 spiro atoms. The largest absolute Gasteiger partial charge is 0.338 e. The van der Waals surface area contributed by atoms with Crippen molar-refractivity contribution in [2.75, 3.05) is 0 Å². The van der Waals surface area contributed by atoms with Gasteiger partial charge >= 0.3 is 0 Å². The Morgan fingerprint density at radius 3 is 1.49 bits per heavy atom. The fraction of sp³-hybridized carbons (Fsp3) is 0.133. The van der Waals surface area contributed by atoms with Gasteiger partial charge in [0, 0.05) is 48.3 Å². The van der Waals surface area contributed by atoms with Crippen LogP contribution >= 0.6 is 45.3 Å². The summed E-state index contributed by atoms with van der Waals surface area (Å²) < 4.78 is 10.5. The molecule has 5 heterocycles. The molecule has 4 aromatic carbocycles. The van der Waals surface area contributed by atoms with E-state index in [4.69, 9.17) is 0 Å². The van der Waals surface area contributed by atoms with Crippen LogP contribution in [0.25, 0.3) is 81.0 Å². The number of aromatic nitrogens is 1. The van der Waals surface area contributed by atoms with Gasteiger partial charge in [0.1, 0.15) is 0 Å². The van der Waals surface area contributed by atoms with Crippen LogP contribution in [0, 0.1) is 5.92 Å². The first-order valence-corrected chi connectivity index (χ1v) is 15.5. The Hall–Kier alpha value is -3.10. The first kappa shape index (κ1) is 20.9. The molecule has 0 unspecified atom stereocenters. The molecule has 0 radical (unpaired) electrons. The third-order valence-electron chi connectivity index (χ3n) is 7.58. The topological polar surface area (TPSA) is 39.1 Å². The van der Waals surface area contributed by atoms with Crippen LogP contribution in [0.1, 0.15) is 13.8 Å². The molecule has 0 aliphatic rings. The van der Waals surface area contributed by atoms with Crippen molar-refractivity contribution in [3.63, 3.8) is 0 Å². The fourth-order valence-electron chi connectivity index (χ4n) is 6.22. The third-order valence-corrected chi connectivity index (χ3v) is 12.4. The lowest BCUT2D eigenvalue weighted by Gasteiger charge is -2.10. The molecule has 0 saturated carbocycles. The van der Waals surface area contributed by atoms with E-state index in [0.717, 1.165) is 65.7 Å². The number of hydrogen-bond donors (Lipinski definition) is 0. The minimum atomic E-state index is 0.155. The Kier molecular flexibility index (Phi) is 3.87. The predicted octanol–water partition coefficient (Wildman–Crippen LogP) is 9.21. The normalized spacial score (nSPS) is 13.2. The van der Waals surface area contributed by atoms with Crippen molar-refractivity contribution in [3.05, 3.63) is 69.0 Å². The van der Waals surface area contributed by atoms with Crippen molar-refractivity contribution in [1.29, 1.82) is 0 Å². The summed E-state index contributed by atoms with van der Waals surface area (Å²) >= 11 is 6.48. The molecule has 37 heavy (non-hydrogen) atoms. The van der Waals surface area contributed by atoms with Crippen molar-refractivity contribution in [2.45, 2.75) is 20.4 Å². The summed E-state index contributed by atoms with van der Waals surface area (Å²) in [7, 11) is 0. The Balaban J connectivity index is 1.58. The van der Waals surface area contributed by atoms with Crippen LogP contribution in [0.2, 0.25) is 0 Å². The second-order valence-electron chi connectivity index (χ2n) is 10.2. The third kappa shape index (κ3) is 2.38. The van der Waals surface area contributed by atoms with E-state index >= 15 is 0 Å². The predicted molar refractivity (Wildman–Crippen MR) is 166 cm³/mol. The molecule has 9 aromatic rings. The van der Waals surface area contributed by atoms with Crippen LogP contribution < -0.4 is 10.9 Å². The van der Waals surface area contributed by atoms with Gasteiger partial charge in [-0.3, -0.25) is 9.59 Å². The van der Waals surface area contributed by atoms with Gasteiger partial charge < -0.3 is 4.57 Å². The molecule has 0 atom stereocenters. The number of benzene rings is 2. The molecule has 0 N–H and O–H groups in total. The van der Waals surface area contributed by atoms with E-state index in [1.54, 1.807) is 45.3 Å². The van der Waals surface area contributed by atoms with E-state index in [0.29, 0.717) is 5.92 Å². The van der Waals surface area contributed by atoms with Gasteiger partial charge in [-0.2, -0.15) is 0 Å². The zero-order valence-electron chi connectivity index (χ0n) is 19.8. The maximum absolute atomic E-state index is 13.6. The zero-order valence-corrected chi connectivity index (χ0v) is 23.1. The number of thiophene rings is 4. The average Bonchev–Trinajstić information content (AvgIpc) is 3.70. The number of rotatable bonds is 2. The highest BCUT2D eigenvalue weighted by Crippen LogP contribution is 2.52. The van der Waals surface area contributed by atoms with Crippen molar-refractivity contribution < 1.29 is 0 Å². The molecular weight excluding hydrogens is 535 g/mol. The first-order chi connectivity index (χ1) is 18.0. The summed E-state index contributed by atoms with van der Waals surface area (Å²) in [6.07, 6.45) is 0. The van der Waals surface area contributed by atoms with Gasteiger partial charge in [-0.1, -0.05) is 50.2 Å². The summed E-state index contributed by atoms with van der Waals surface area (Å²) in [6.45, 7) is 5.32. The minimum Gasteiger partial charge on any atom is -0.338 e. The van der Waals surface area contributed by atoms with Gasteiger partial charge in [0.15, 0.2) is 0 Å². The van der Waals surface area contributed by atoms with E-state index in [2.05, 4.69) is 54.8 Å². The number of fused-ring (bicyclic) bond motifs is 15. The Morgan fingerprint density at radius 2 is 1.03 bits per heavy atom. The second-order valence-corrected chi connectivity index (χ2v) is 14.4. The van der Waals surface area contributed by atoms with E-state index in [-0.39, 0.29) is 10.9 Å². The van der Waals surface area contributed by atoms with E-state index in [1.807, 2.05) is 12.1 Å². The van der Waals surface area contributed by atoms with Gasteiger partial charge in [-0.05, 0) is 18.1 Å². The van der Waals surface area contributed by atoms with E-state index in [1.165, 1.54) is 21.8 Å². The van der Waals surface area contributed by atoms with Crippen LogP contribution in [0.5, 0.6) is 0 Å². The maximum Gasteiger partial charge on any atom is 0.214 e. The minimum absolute atomic E-state index is 0.155. The Morgan fingerprint density at radius 1 is 0.595 bits per heavy atom. The molecule has 0 aliphatic heterocycles. The van der Waals surface area contributed by atoms with Crippen LogP contribution in [0.3, 0.4) is 0 Å². The maximum atomic E-state index is 13.6. The second kappa shape index (κ2) is 6.85. The van der Waals surface area contributed by atoms with Crippen LogP contribution in [0.15, 0.2) is 58.1 Å². The van der Waals surface area contributed by atoms with Gasteiger partial charge in [-0.25, -0.2) is 0 Å². The highest BCUT2D eigenvalue weighted by atomic mass is 32.1. The Bertz CT molecular complexity index is 2350. The van der Waals surface area contributed by atoms with Gasteiger partial charge in [0.2, 0.25) is 10.9 Å². The van der Waals surface area contributed by atoms with Crippen molar-refractivity contribution >= 4 is 126 Å². The van der Waals surface area contributed by atoms with Crippen molar-refractivity contribution in [2.24, 2.45) is 5.92 Å². The lowest BCUT2D eigenvalue weighted by Crippen LogP contribution is -2.03. The molecule has 3 nitrogen and oxygen atoms in total. The monoisotopic (exact) mass is 551 g/mol. The van der Waals surface area contributed by atoms with E-state index in [9.17, 15) is 9.59 Å². The molecular formula is C30H17NO2S4. The first-order valence-electron chi connectivity index (χ1n) is 12.3. The molecule has 5 aromatic heterocycles. The lowest BCUT2D eigenvalue weighted by molar-refractivity contribution is 0.547. The Labute approximate surface area is 225 Å². The van der Waals surface area contributed by atoms with Crippen LogP contribution in [-0.2, 0) is 6.54 Å². The van der Waals surface area contributed by atoms with E-state index < -0.39 is 0 Å². The molecule has 7 heteroatoms. The molecule has 0 saturated heterocycles. The van der Waals surface area contributed by atoms with Crippen molar-refractivity contribution in [1.82, 2.24) is 4.57 Å². The molecule has 0 fully saturated rings. The van der Waals surface area contributed by atoms with Gasteiger partial charge in [0.25, 0.3) is 0 Å². The molecule has 0 amide bonds. The zero-order chi connectivity index (χ0) is 24.7. The molecule has 9 rings (SSSR count). The van der Waals surface area contributed by atoms with Crippen LogP contribution in [-0.4, -0.2) is 4.57 Å². The highest BCUT2D eigenvalue weighted by Gasteiger charge is 2.29. The van der Waals surface area contributed by atoms with Gasteiger partial charge in [-0.15, -0.1) is 45.3 Å². The quantitative estimate of drug-likeness (QED) is 0.215. The lowest BCUT2D eigenvalue weighted by atomic mass is 10.1. The summed E-state index contributed by atoms with van der Waals surface area (Å²) in [6, 6.07) is 16.7. The van der Waals surface area contributed by atoms with Crippen LogP contribution in [0.4, 0.5) is 0 Å². The molecule has 178 valence electrons. The summed E-state index contributed by atoms with van der Waals surface area (Å²) in [5.74, 6) is 0.413. The summed E-state index contributed by atoms with van der Waals surface area (Å²) in [4.78, 5) is 27.2. The number of hydrogen-bond acceptors (Lipinski definition) is 6. The SMILES string of the molecule is CC(C)Cn1c2c(sc3c(=O)c4sc5ccccc5c4c32)c2sc3c(=O)c4sc5ccccc5c4c3c21. The summed E-state index contributed by atoms with van der Waals surface area (Å²) in [5, 5.41) is 6.76. The van der Waals surface area contributed by atoms with Gasteiger partial charge in [0.05, 0.1) is 39.2 Å². The average molecular weight is 552 g/mol.